The summed E-state index contributed by atoms with van der Waals surface area (Å²) in [7, 11) is 1.56. The van der Waals surface area contributed by atoms with Gasteiger partial charge in [0.1, 0.15) is 30.2 Å². The number of para-hydroxylation sites is 1. The molecule has 3 aromatic rings. The number of rotatable bonds is 9. The maximum absolute atomic E-state index is 14.2. The van der Waals surface area contributed by atoms with Gasteiger partial charge in [-0.3, -0.25) is 24.0 Å². The van der Waals surface area contributed by atoms with E-state index in [1.54, 1.807) is 7.05 Å². The van der Waals surface area contributed by atoms with Crippen LogP contribution in [0.3, 0.4) is 0 Å². The van der Waals surface area contributed by atoms with Gasteiger partial charge in [-0.2, -0.15) is 0 Å². The predicted octanol–water partition coefficient (Wildman–Crippen LogP) is 3.48. The van der Waals surface area contributed by atoms with Crippen molar-refractivity contribution in [1.82, 2.24) is 31.2 Å². The lowest BCUT2D eigenvalue weighted by Gasteiger charge is -2.34. The van der Waals surface area contributed by atoms with Gasteiger partial charge in [0.2, 0.25) is 29.5 Å². The molecule has 5 N–H and O–H groups in total. The Labute approximate surface area is 289 Å². The van der Waals surface area contributed by atoms with Crippen LogP contribution < -0.4 is 21.3 Å². The van der Waals surface area contributed by atoms with E-state index in [4.69, 9.17) is 0 Å². The number of hydrogen-bond donors (Lipinski definition) is 5. The molecule has 0 bridgehead atoms. The number of aromatic amines is 1. The van der Waals surface area contributed by atoms with Crippen LogP contribution in [0.25, 0.3) is 10.9 Å². The lowest BCUT2D eigenvalue weighted by Crippen LogP contribution is -2.59. The van der Waals surface area contributed by atoms with Crippen molar-refractivity contribution < 1.29 is 24.0 Å². The van der Waals surface area contributed by atoms with Gasteiger partial charge in [0.15, 0.2) is 0 Å². The van der Waals surface area contributed by atoms with Crippen LogP contribution in [0.15, 0.2) is 60.8 Å². The Kier molecular flexibility index (Phi) is 12.6. The number of amides is 5. The first-order valence-corrected chi connectivity index (χ1v) is 17.3. The summed E-state index contributed by atoms with van der Waals surface area (Å²) < 4.78 is 0. The molecule has 1 aliphatic heterocycles. The highest BCUT2D eigenvalue weighted by atomic mass is 16.2. The third kappa shape index (κ3) is 9.70. The molecule has 0 unspecified atom stereocenters. The highest BCUT2D eigenvalue weighted by Gasteiger charge is 2.38. The molecule has 11 heteroatoms. The highest BCUT2D eigenvalue weighted by Crippen LogP contribution is 2.21. The van der Waals surface area contributed by atoms with Crippen LogP contribution in [0.5, 0.6) is 0 Å². The summed E-state index contributed by atoms with van der Waals surface area (Å²) in [5.74, 6) is -2.72. The fraction of sp³-hybridized carbons (Fsp3) is 0.500. The third-order valence-corrected chi connectivity index (χ3v) is 8.97. The predicted molar refractivity (Wildman–Crippen MR) is 190 cm³/mol. The molecule has 49 heavy (non-hydrogen) atoms. The number of hydrogen-bond acceptors (Lipinski definition) is 5. The molecular formula is C38H52N6O5. The quantitative estimate of drug-likeness (QED) is 0.236. The smallest absolute Gasteiger partial charge is 0.245 e. The molecule has 1 aliphatic rings. The Morgan fingerprint density at radius 1 is 0.612 bits per heavy atom. The van der Waals surface area contributed by atoms with Gasteiger partial charge in [0.25, 0.3) is 0 Å². The zero-order valence-corrected chi connectivity index (χ0v) is 29.7. The fourth-order valence-corrected chi connectivity index (χ4v) is 6.57. The van der Waals surface area contributed by atoms with Crippen LogP contribution in [0.1, 0.15) is 65.5 Å². The first kappa shape index (κ1) is 37.2. The molecule has 0 aliphatic carbocycles. The van der Waals surface area contributed by atoms with Gasteiger partial charge in [-0.25, -0.2) is 0 Å². The van der Waals surface area contributed by atoms with Crippen LogP contribution in [0.2, 0.25) is 0 Å². The van der Waals surface area contributed by atoms with Crippen molar-refractivity contribution in [3.63, 3.8) is 0 Å². The Balaban J connectivity index is 1.81. The highest BCUT2D eigenvalue weighted by molar-refractivity contribution is 5.98. The molecule has 0 radical (unpaired) electrons. The van der Waals surface area contributed by atoms with Crippen molar-refractivity contribution in [3.05, 3.63) is 71.9 Å². The van der Waals surface area contributed by atoms with Crippen LogP contribution in [0.4, 0.5) is 0 Å². The maximum atomic E-state index is 14.2. The zero-order valence-electron chi connectivity index (χ0n) is 29.7. The van der Waals surface area contributed by atoms with E-state index in [0.717, 1.165) is 22.0 Å². The Hall–Kier alpha value is -4.67. The molecule has 5 amide bonds. The molecule has 5 atom stereocenters. The summed E-state index contributed by atoms with van der Waals surface area (Å²) in [4.78, 5) is 75.0. The lowest BCUT2D eigenvalue weighted by molar-refractivity contribution is -0.144. The minimum atomic E-state index is -1.08. The largest absolute Gasteiger partial charge is 0.361 e. The standard InChI is InChI=1S/C38H52N6O5/c1-22(2)17-29-34(45)40-30(19-25-13-9-8-10-14-25)35(46)41-31(20-26-21-39-28-16-12-11-15-27(26)28)36(47)43-32(18-23(3)4)38(49)44(7)33(24(5)6)37(48)42-29/h8-16,21-24,29-33,39H,17-20H2,1-7H3,(H,40,45)(H,41,46)(H,42,48)(H,43,47)/t29-,30-,31-,32-,33-/m1/s1. The van der Waals surface area contributed by atoms with Crippen molar-refractivity contribution >= 4 is 40.4 Å². The van der Waals surface area contributed by atoms with Crippen LogP contribution in [-0.2, 0) is 36.8 Å². The molecule has 0 saturated carbocycles. The van der Waals surface area contributed by atoms with E-state index < -0.39 is 59.7 Å². The van der Waals surface area contributed by atoms with E-state index in [2.05, 4.69) is 26.3 Å². The normalized spacial score (nSPS) is 23.3. The second-order valence-corrected chi connectivity index (χ2v) is 14.4. The molecular weight excluding hydrogens is 620 g/mol. The monoisotopic (exact) mass is 672 g/mol. The van der Waals surface area contributed by atoms with Crippen LogP contribution >= 0.6 is 0 Å². The van der Waals surface area contributed by atoms with E-state index in [1.165, 1.54) is 4.90 Å². The van der Waals surface area contributed by atoms with E-state index in [0.29, 0.717) is 12.8 Å². The number of nitrogens with one attached hydrogen (secondary N) is 5. The molecule has 4 rings (SSSR count). The first-order chi connectivity index (χ1) is 23.2. The fourth-order valence-electron chi connectivity index (χ4n) is 6.57. The summed E-state index contributed by atoms with van der Waals surface area (Å²) in [6.07, 6.45) is 2.75. The third-order valence-electron chi connectivity index (χ3n) is 8.97. The Morgan fingerprint density at radius 3 is 1.73 bits per heavy atom. The van der Waals surface area contributed by atoms with Gasteiger partial charge >= 0.3 is 0 Å². The second kappa shape index (κ2) is 16.6. The van der Waals surface area contributed by atoms with E-state index >= 15 is 0 Å². The average Bonchev–Trinajstić information content (AvgIpc) is 3.45. The molecule has 1 saturated heterocycles. The summed E-state index contributed by atoms with van der Waals surface area (Å²) in [5, 5.41) is 12.6. The van der Waals surface area contributed by atoms with E-state index in [-0.39, 0.29) is 30.6 Å². The first-order valence-electron chi connectivity index (χ1n) is 17.3. The van der Waals surface area contributed by atoms with Crippen molar-refractivity contribution in [2.45, 2.75) is 97.4 Å². The Bertz CT molecular complexity index is 1620. The number of carbonyl (C=O) groups is 5. The summed E-state index contributed by atoms with van der Waals surface area (Å²) in [6, 6.07) is 12.0. The number of carbonyl (C=O) groups excluding carboxylic acids is 5. The minimum Gasteiger partial charge on any atom is -0.361 e. The molecule has 2 heterocycles. The summed E-state index contributed by atoms with van der Waals surface area (Å²) >= 11 is 0. The number of likely N-dealkylation sites (N-methyl/N-ethyl adjacent to an activating group) is 1. The van der Waals surface area contributed by atoms with E-state index in [1.807, 2.05) is 102 Å². The topological polar surface area (TPSA) is 152 Å². The molecule has 1 fully saturated rings. The van der Waals surface area contributed by atoms with Gasteiger partial charge in [0.05, 0.1) is 0 Å². The van der Waals surface area contributed by atoms with Crippen molar-refractivity contribution in [1.29, 1.82) is 0 Å². The number of benzene rings is 2. The van der Waals surface area contributed by atoms with Gasteiger partial charge < -0.3 is 31.2 Å². The van der Waals surface area contributed by atoms with Crippen molar-refractivity contribution in [2.75, 3.05) is 7.05 Å². The maximum Gasteiger partial charge on any atom is 0.245 e. The van der Waals surface area contributed by atoms with E-state index in [9.17, 15) is 24.0 Å². The molecule has 1 aromatic heterocycles. The average molecular weight is 673 g/mol. The van der Waals surface area contributed by atoms with Gasteiger partial charge in [-0.05, 0) is 47.8 Å². The lowest BCUT2D eigenvalue weighted by atomic mass is 9.96. The van der Waals surface area contributed by atoms with Crippen LogP contribution in [0, 0.1) is 17.8 Å². The number of fused-ring (bicyclic) bond motifs is 1. The van der Waals surface area contributed by atoms with Crippen LogP contribution in [-0.4, -0.2) is 76.7 Å². The zero-order chi connectivity index (χ0) is 35.8. The molecule has 2 aromatic carbocycles. The number of aromatic nitrogens is 1. The Morgan fingerprint density at radius 2 is 1.12 bits per heavy atom. The van der Waals surface area contributed by atoms with Gasteiger partial charge in [0, 0.05) is 37.0 Å². The summed E-state index contributed by atoms with van der Waals surface area (Å²) in [5.41, 5.74) is 2.51. The SMILES string of the molecule is CC(C)C[C@H]1NC(=O)[C@@H](C(C)C)N(C)C(=O)[C@@H](CC(C)C)NC(=O)[C@@H](Cc2c[nH]c3ccccc23)NC(=O)[C@@H](Cc2ccccc2)NC1=O. The number of nitrogens with zero attached hydrogens (tertiary/aromatic N) is 1. The number of H-pyrrole nitrogens is 1. The molecule has 0 spiro atoms. The van der Waals surface area contributed by atoms with Gasteiger partial charge in [-0.15, -0.1) is 0 Å². The second-order valence-electron chi connectivity index (χ2n) is 14.4. The van der Waals surface area contributed by atoms with Gasteiger partial charge in [-0.1, -0.05) is 90.1 Å². The summed E-state index contributed by atoms with van der Waals surface area (Å²) in [6.45, 7) is 11.5. The molecule has 11 nitrogen and oxygen atoms in total. The van der Waals surface area contributed by atoms with Crippen molar-refractivity contribution in [2.24, 2.45) is 17.8 Å². The van der Waals surface area contributed by atoms with Crippen molar-refractivity contribution in [3.8, 4) is 0 Å². The minimum absolute atomic E-state index is 0.0326. The molecule has 264 valence electrons.